The average Bonchev–Trinajstić information content (AvgIpc) is 3.41. The summed E-state index contributed by atoms with van der Waals surface area (Å²) in [6.45, 7) is 0. The van der Waals surface area contributed by atoms with Gasteiger partial charge >= 0.3 is 0 Å². The summed E-state index contributed by atoms with van der Waals surface area (Å²) in [6, 6.07) is 35.0. The van der Waals surface area contributed by atoms with Crippen LogP contribution in [0.25, 0.3) is 66.1 Å². The predicted molar refractivity (Wildman–Crippen MR) is 136 cm³/mol. The molecule has 0 atom stereocenters. The highest BCUT2D eigenvalue weighted by atomic mass is 16.3. The van der Waals surface area contributed by atoms with Gasteiger partial charge in [0.05, 0.1) is 0 Å². The molecule has 0 aliphatic carbocycles. The Morgan fingerprint density at radius 1 is 0.424 bits per heavy atom. The second kappa shape index (κ2) is 6.75. The average molecular weight is 425 g/mol. The van der Waals surface area contributed by atoms with Crippen LogP contribution in [0.4, 0.5) is 5.69 Å². The van der Waals surface area contributed by atoms with Crippen molar-refractivity contribution < 1.29 is 8.83 Å². The van der Waals surface area contributed by atoms with Crippen molar-refractivity contribution in [2.24, 2.45) is 0 Å². The van der Waals surface area contributed by atoms with Crippen LogP contribution in [0.15, 0.2) is 112 Å². The molecule has 5 aromatic carbocycles. The molecule has 0 bridgehead atoms. The Morgan fingerprint density at radius 3 is 1.39 bits per heavy atom. The molecule has 2 heterocycles. The highest BCUT2D eigenvalue weighted by molar-refractivity contribution is 6.08. The van der Waals surface area contributed by atoms with Crippen molar-refractivity contribution in [1.29, 1.82) is 0 Å². The van der Waals surface area contributed by atoms with E-state index in [1.54, 1.807) is 0 Å². The van der Waals surface area contributed by atoms with E-state index in [-0.39, 0.29) is 0 Å². The van der Waals surface area contributed by atoms with Crippen LogP contribution < -0.4 is 5.73 Å². The fraction of sp³-hybridized carbons (Fsp3) is 0. The standard InChI is InChI=1S/C30H19NO2/c31-30-20(18-12-14-28-24(16-18)22-6-1-3-10-26(22)32-28)8-5-9-21(30)19-13-15-29-25(17-19)23-7-2-4-11-27(23)33-29/h1-17H,31H2. The number of nitrogens with two attached hydrogens (primary N) is 1. The zero-order valence-electron chi connectivity index (χ0n) is 17.7. The van der Waals surface area contributed by atoms with Crippen molar-refractivity contribution in [2.45, 2.75) is 0 Å². The number of furan rings is 2. The second-order valence-corrected chi connectivity index (χ2v) is 8.39. The summed E-state index contributed by atoms with van der Waals surface area (Å²) in [4.78, 5) is 0. The predicted octanol–water partition coefficient (Wildman–Crippen LogP) is 8.40. The van der Waals surface area contributed by atoms with E-state index in [1.807, 2.05) is 48.5 Å². The number of para-hydroxylation sites is 3. The Balaban J connectivity index is 1.40. The van der Waals surface area contributed by atoms with E-state index in [0.717, 1.165) is 71.8 Å². The summed E-state index contributed by atoms with van der Waals surface area (Å²) < 4.78 is 12.0. The minimum atomic E-state index is 0.761. The van der Waals surface area contributed by atoms with Crippen molar-refractivity contribution in [2.75, 3.05) is 5.73 Å². The van der Waals surface area contributed by atoms with E-state index in [4.69, 9.17) is 14.6 Å². The second-order valence-electron chi connectivity index (χ2n) is 8.39. The summed E-state index contributed by atoms with van der Waals surface area (Å²) in [7, 11) is 0. The van der Waals surface area contributed by atoms with E-state index in [9.17, 15) is 0 Å². The van der Waals surface area contributed by atoms with Gasteiger partial charge < -0.3 is 14.6 Å². The number of hydrogen-bond donors (Lipinski definition) is 1. The summed E-state index contributed by atoms with van der Waals surface area (Å²) >= 11 is 0. The first-order valence-corrected chi connectivity index (χ1v) is 11.0. The van der Waals surface area contributed by atoms with Crippen molar-refractivity contribution in [1.82, 2.24) is 0 Å². The van der Waals surface area contributed by atoms with E-state index in [2.05, 4.69) is 54.6 Å². The number of benzene rings is 5. The molecule has 0 spiro atoms. The van der Waals surface area contributed by atoms with Gasteiger partial charge in [-0.3, -0.25) is 0 Å². The van der Waals surface area contributed by atoms with Crippen LogP contribution in [-0.4, -0.2) is 0 Å². The lowest BCUT2D eigenvalue weighted by atomic mass is 9.94. The lowest BCUT2D eigenvalue weighted by Crippen LogP contribution is -1.94. The smallest absolute Gasteiger partial charge is 0.135 e. The van der Waals surface area contributed by atoms with Gasteiger partial charge in [0, 0.05) is 38.4 Å². The van der Waals surface area contributed by atoms with E-state index < -0.39 is 0 Å². The maximum Gasteiger partial charge on any atom is 0.135 e. The Hall–Kier alpha value is -4.50. The van der Waals surface area contributed by atoms with Crippen LogP contribution >= 0.6 is 0 Å². The molecule has 0 radical (unpaired) electrons. The zero-order chi connectivity index (χ0) is 21.9. The molecule has 0 aliphatic heterocycles. The summed E-state index contributed by atoms with van der Waals surface area (Å²) in [6.07, 6.45) is 0. The molecule has 3 nitrogen and oxygen atoms in total. The lowest BCUT2D eigenvalue weighted by Gasteiger charge is -2.12. The molecule has 0 unspecified atom stereocenters. The Kier molecular flexibility index (Phi) is 3.70. The number of anilines is 1. The van der Waals surface area contributed by atoms with Crippen molar-refractivity contribution >= 4 is 49.6 Å². The van der Waals surface area contributed by atoms with Gasteiger partial charge in [-0.05, 0) is 47.5 Å². The molecule has 156 valence electrons. The summed E-state index contributed by atoms with van der Waals surface area (Å²) in [5.41, 5.74) is 15.2. The van der Waals surface area contributed by atoms with Gasteiger partial charge in [0.25, 0.3) is 0 Å². The fourth-order valence-corrected chi connectivity index (χ4v) is 4.86. The van der Waals surface area contributed by atoms with E-state index in [1.165, 1.54) is 0 Å². The molecular weight excluding hydrogens is 406 g/mol. The van der Waals surface area contributed by atoms with Crippen LogP contribution in [0.5, 0.6) is 0 Å². The van der Waals surface area contributed by atoms with Crippen LogP contribution in [0.3, 0.4) is 0 Å². The first kappa shape index (κ1) is 18.1. The van der Waals surface area contributed by atoms with Gasteiger partial charge in [-0.25, -0.2) is 0 Å². The Labute approximate surface area is 189 Å². The molecule has 2 N–H and O–H groups in total. The normalized spacial score (nSPS) is 11.8. The molecule has 2 aromatic heterocycles. The van der Waals surface area contributed by atoms with Crippen LogP contribution in [0.2, 0.25) is 0 Å². The van der Waals surface area contributed by atoms with Gasteiger partial charge in [0.15, 0.2) is 0 Å². The van der Waals surface area contributed by atoms with Gasteiger partial charge in [0.2, 0.25) is 0 Å². The Bertz CT molecular complexity index is 1710. The number of rotatable bonds is 2. The highest BCUT2D eigenvalue weighted by Crippen LogP contribution is 2.39. The molecule has 33 heavy (non-hydrogen) atoms. The first-order chi connectivity index (χ1) is 16.3. The zero-order valence-corrected chi connectivity index (χ0v) is 17.7. The molecule has 0 saturated heterocycles. The lowest BCUT2D eigenvalue weighted by molar-refractivity contribution is 0.668. The third-order valence-electron chi connectivity index (χ3n) is 6.48. The molecule has 0 amide bonds. The van der Waals surface area contributed by atoms with Crippen LogP contribution in [-0.2, 0) is 0 Å². The minimum Gasteiger partial charge on any atom is -0.456 e. The molecule has 0 aliphatic rings. The van der Waals surface area contributed by atoms with E-state index >= 15 is 0 Å². The molecule has 0 saturated carbocycles. The molecule has 7 aromatic rings. The van der Waals surface area contributed by atoms with Crippen molar-refractivity contribution in [3.8, 4) is 22.3 Å². The number of fused-ring (bicyclic) bond motifs is 6. The van der Waals surface area contributed by atoms with E-state index in [0.29, 0.717) is 0 Å². The highest BCUT2D eigenvalue weighted by Gasteiger charge is 2.14. The maximum atomic E-state index is 6.76. The maximum absolute atomic E-state index is 6.76. The molecule has 7 rings (SSSR count). The topological polar surface area (TPSA) is 52.3 Å². The quantitative estimate of drug-likeness (QED) is 0.283. The third kappa shape index (κ3) is 2.69. The van der Waals surface area contributed by atoms with Crippen LogP contribution in [0, 0.1) is 0 Å². The largest absolute Gasteiger partial charge is 0.456 e. The molecular formula is C30H19NO2. The third-order valence-corrected chi connectivity index (χ3v) is 6.48. The Morgan fingerprint density at radius 2 is 0.879 bits per heavy atom. The first-order valence-electron chi connectivity index (χ1n) is 11.0. The molecule has 3 heteroatoms. The van der Waals surface area contributed by atoms with Crippen molar-refractivity contribution in [3.05, 3.63) is 103 Å². The SMILES string of the molecule is Nc1c(-c2ccc3oc4ccccc4c3c2)cccc1-c1ccc2oc3ccccc3c2c1. The van der Waals surface area contributed by atoms with Gasteiger partial charge in [-0.1, -0.05) is 66.7 Å². The fourth-order valence-electron chi connectivity index (χ4n) is 4.86. The number of hydrogen-bond acceptors (Lipinski definition) is 3. The minimum absolute atomic E-state index is 0.761. The van der Waals surface area contributed by atoms with Gasteiger partial charge in [-0.2, -0.15) is 0 Å². The van der Waals surface area contributed by atoms with Crippen molar-refractivity contribution in [3.63, 3.8) is 0 Å². The number of nitrogen functional groups attached to an aromatic ring is 1. The summed E-state index contributed by atoms with van der Waals surface area (Å²) in [5, 5.41) is 4.42. The molecule has 0 fully saturated rings. The monoisotopic (exact) mass is 425 g/mol. The van der Waals surface area contributed by atoms with Crippen LogP contribution in [0.1, 0.15) is 0 Å². The van der Waals surface area contributed by atoms with Gasteiger partial charge in [0.1, 0.15) is 22.3 Å². The van der Waals surface area contributed by atoms with Gasteiger partial charge in [-0.15, -0.1) is 0 Å². The summed E-state index contributed by atoms with van der Waals surface area (Å²) in [5.74, 6) is 0.